The van der Waals surface area contributed by atoms with E-state index in [0.717, 1.165) is 48.3 Å². The molecule has 0 atom stereocenters. The maximum absolute atomic E-state index is 12.6. The van der Waals surface area contributed by atoms with Crippen molar-refractivity contribution in [1.29, 1.82) is 0 Å². The minimum atomic E-state index is 0.0613. The average molecular weight is 394 g/mol. The number of benzene rings is 2. The molecule has 0 unspecified atom stereocenters. The lowest BCUT2D eigenvalue weighted by atomic mass is 9.87. The Morgan fingerprint density at radius 1 is 1.00 bits per heavy atom. The Balaban J connectivity index is 2.00. The van der Waals surface area contributed by atoms with Crippen molar-refractivity contribution in [1.82, 2.24) is 9.80 Å². The van der Waals surface area contributed by atoms with E-state index >= 15 is 0 Å². The highest BCUT2D eigenvalue weighted by Crippen LogP contribution is 2.35. The summed E-state index contributed by atoms with van der Waals surface area (Å²) in [5.41, 5.74) is 12.4. The molecule has 2 aromatic rings. The first-order valence-electron chi connectivity index (χ1n) is 10.4. The van der Waals surface area contributed by atoms with E-state index in [1.54, 1.807) is 0 Å². The molecule has 1 saturated heterocycles. The standard InChI is InChI=1S/C24H31N3O2/c1-3-27(4-2)24(29)20-11-9-18(10-12-20)23(21-7-5-6-8-22(21)25)19-13-15-26(17-28)16-14-19/h5-12,28H,3-4,13-17,25H2,1-2H3. The van der Waals surface area contributed by atoms with E-state index in [1.807, 2.05) is 66.1 Å². The number of aliphatic hydroxyl groups is 1. The Hall–Kier alpha value is -2.63. The van der Waals surface area contributed by atoms with Gasteiger partial charge in [-0.15, -0.1) is 0 Å². The Morgan fingerprint density at radius 2 is 1.59 bits per heavy atom. The summed E-state index contributed by atoms with van der Waals surface area (Å²) in [7, 11) is 0. The van der Waals surface area contributed by atoms with Crippen LogP contribution in [0.4, 0.5) is 5.69 Å². The second-order valence-electron chi connectivity index (χ2n) is 7.38. The number of hydrogen-bond donors (Lipinski definition) is 2. The Bertz CT molecular complexity index is 860. The third-order valence-electron chi connectivity index (χ3n) is 5.71. The molecular weight excluding hydrogens is 362 g/mol. The summed E-state index contributed by atoms with van der Waals surface area (Å²) in [6.45, 7) is 7.16. The lowest BCUT2D eigenvalue weighted by Gasteiger charge is -2.28. The molecule has 29 heavy (non-hydrogen) atoms. The van der Waals surface area contributed by atoms with Gasteiger partial charge in [0.05, 0.1) is 6.73 Å². The van der Waals surface area contributed by atoms with Gasteiger partial charge in [-0.2, -0.15) is 0 Å². The molecule has 154 valence electrons. The quantitative estimate of drug-likeness (QED) is 0.736. The van der Waals surface area contributed by atoms with Crippen LogP contribution >= 0.6 is 0 Å². The topological polar surface area (TPSA) is 69.8 Å². The minimum Gasteiger partial charge on any atom is -0.398 e. The number of para-hydroxylation sites is 1. The smallest absolute Gasteiger partial charge is 0.253 e. The zero-order valence-electron chi connectivity index (χ0n) is 17.4. The predicted octanol–water partition coefficient (Wildman–Crippen LogP) is 3.60. The van der Waals surface area contributed by atoms with Gasteiger partial charge in [0.15, 0.2) is 0 Å². The van der Waals surface area contributed by atoms with Crippen LogP contribution in [0.1, 0.15) is 48.2 Å². The number of aliphatic hydroxyl groups excluding tert-OH is 1. The monoisotopic (exact) mass is 393 g/mol. The minimum absolute atomic E-state index is 0.0613. The molecule has 5 heteroatoms. The highest BCUT2D eigenvalue weighted by Gasteiger charge is 2.20. The van der Waals surface area contributed by atoms with Crippen LogP contribution in [0.15, 0.2) is 54.1 Å². The van der Waals surface area contributed by atoms with Crippen molar-refractivity contribution >= 4 is 17.2 Å². The molecule has 1 heterocycles. The first-order valence-corrected chi connectivity index (χ1v) is 10.4. The van der Waals surface area contributed by atoms with Gasteiger partial charge in [-0.3, -0.25) is 9.69 Å². The van der Waals surface area contributed by atoms with Crippen molar-refractivity contribution in [2.24, 2.45) is 0 Å². The summed E-state index contributed by atoms with van der Waals surface area (Å²) in [5.74, 6) is 0.0613. The summed E-state index contributed by atoms with van der Waals surface area (Å²) in [6, 6.07) is 15.8. The number of carbonyl (C=O) groups excluding carboxylic acids is 1. The maximum atomic E-state index is 12.6. The van der Waals surface area contributed by atoms with E-state index in [1.165, 1.54) is 5.57 Å². The number of nitrogens with zero attached hydrogens (tertiary/aromatic N) is 2. The van der Waals surface area contributed by atoms with Crippen LogP contribution in [0.5, 0.6) is 0 Å². The van der Waals surface area contributed by atoms with Gasteiger partial charge in [0.2, 0.25) is 0 Å². The van der Waals surface area contributed by atoms with Gasteiger partial charge in [-0.1, -0.05) is 35.9 Å². The summed E-state index contributed by atoms with van der Waals surface area (Å²) < 4.78 is 0. The fourth-order valence-electron chi connectivity index (χ4n) is 3.96. The zero-order valence-corrected chi connectivity index (χ0v) is 17.4. The predicted molar refractivity (Wildman–Crippen MR) is 118 cm³/mol. The van der Waals surface area contributed by atoms with Crippen molar-refractivity contribution in [3.05, 3.63) is 70.8 Å². The van der Waals surface area contributed by atoms with Crippen LogP contribution in [0, 0.1) is 0 Å². The Labute approximate surface area is 173 Å². The van der Waals surface area contributed by atoms with Crippen molar-refractivity contribution in [3.63, 3.8) is 0 Å². The highest BCUT2D eigenvalue weighted by molar-refractivity contribution is 5.95. The van der Waals surface area contributed by atoms with Crippen LogP contribution in [0.2, 0.25) is 0 Å². The van der Waals surface area contributed by atoms with Crippen molar-refractivity contribution in [2.45, 2.75) is 26.7 Å². The van der Waals surface area contributed by atoms with Gasteiger partial charge in [0, 0.05) is 43.0 Å². The Kier molecular flexibility index (Phi) is 7.07. The number of hydrogen-bond acceptors (Lipinski definition) is 4. The first kappa shape index (κ1) is 21.1. The molecule has 1 aliphatic heterocycles. The highest BCUT2D eigenvalue weighted by atomic mass is 16.3. The summed E-state index contributed by atoms with van der Waals surface area (Å²) >= 11 is 0. The van der Waals surface area contributed by atoms with Crippen molar-refractivity contribution in [2.75, 3.05) is 38.6 Å². The number of rotatable bonds is 6. The average Bonchev–Trinajstić information content (AvgIpc) is 2.77. The number of nitrogen functional groups attached to an aromatic ring is 1. The molecule has 0 radical (unpaired) electrons. The first-order chi connectivity index (χ1) is 14.1. The van der Waals surface area contributed by atoms with Crippen LogP contribution in [-0.4, -0.2) is 53.7 Å². The van der Waals surface area contributed by atoms with E-state index in [2.05, 4.69) is 6.07 Å². The van der Waals surface area contributed by atoms with Gasteiger partial charge >= 0.3 is 0 Å². The molecule has 0 saturated carbocycles. The van der Waals surface area contributed by atoms with Crippen molar-refractivity contribution < 1.29 is 9.90 Å². The number of piperidine rings is 1. The fourth-order valence-corrected chi connectivity index (χ4v) is 3.96. The van der Waals surface area contributed by atoms with E-state index in [0.29, 0.717) is 18.7 Å². The lowest BCUT2D eigenvalue weighted by Crippen LogP contribution is -2.31. The number of nitrogens with two attached hydrogens (primary N) is 1. The summed E-state index contributed by atoms with van der Waals surface area (Å²) in [5, 5.41) is 9.42. The normalized spacial score (nSPS) is 14.7. The molecule has 3 rings (SSSR count). The molecule has 3 N–H and O–H groups in total. The summed E-state index contributed by atoms with van der Waals surface area (Å²) in [6.07, 6.45) is 1.79. The van der Waals surface area contributed by atoms with Gasteiger partial charge in [0.1, 0.15) is 0 Å². The summed E-state index contributed by atoms with van der Waals surface area (Å²) in [4.78, 5) is 16.5. The van der Waals surface area contributed by atoms with E-state index in [4.69, 9.17) is 5.73 Å². The number of carbonyl (C=O) groups is 1. The number of anilines is 1. The van der Waals surface area contributed by atoms with E-state index < -0.39 is 0 Å². The van der Waals surface area contributed by atoms with Gasteiger partial charge in [-0.05, 0) is 56.0 Å². The van der Waals surface area contributed by atoms with Crippen LogP contribution in [0.25, 0.3) is 5.57 Å². The maximum Gasteiger partial charge on any atom is 0.253 e. The SMILES string of the molecule is CCN(CC)C(=O)c1ccc(C(=C2CCN(CO)CC2)c2ccccc2N)cc1. The lowest BCUT2D eigenvalue weighted by molar-refractivity contribution is 0.0773. The zero-order chi connectivity index (χ0) is 20.8. The molecular formula is C24H31N3O2. The second kappa shape index (κ2) is 9.72. The molecule has 2 aromatic carbocycles. The van der Waals surface area contributed by atoms with Crippen LogP contribution < -0.4 is 5.73 Å². The van der Waals surface area contributed by atoms with Crippen LogP contribution in [-0.2, 0) is 0 Å². The van der Waals surface area contributed by atoms with Gasteiger partial charge < -0.3 is 15.7 Å². The molecule has 0 aromatic heterocycles. The molecule has 0 bridgehead atoms. The molecule has 5 nitrogen and oxygen atoms in total. The molecule has 1 fully saturated rings. The van der Waals surface area contributed by atoms with Gasteiger partial charge in [-0.25, -0.2) is 0 Å². The van der Waals surface area contributed by atoms with Gasteiger partial charge in [0.25, 0.3) is 5.91 Å². The number of amides is 1. The molecule has 1 amide bonds. The second-order valence-corrected chi connectivity index (χ2v) is 7.38. The largest absolute Gasteiger partial charge is 0.398 e. The fraction of sp³-hybridized carbons (Fsp3) is 0.375. The van der Waals surface area contributed by atoms with E-state index in [9.17, 15) is 9.90 Å². The third kappa shape index (κ3) is 4.69. The molecule has 0 spiro atoms. The number of likely N-dealkylation sites (tertiary alicyclic amines) is 1. The van der Waals surface area contributed by atoms with Crippen molar-refractivity contribution in [3.8, 4) is 0 Å². The third-order valence-corrected chi connectivity index (χ3v) is 5.71. The Morgan fingerprint density at radius 3 is 2.14 bits per heavy atom. The molecule has 0 aliphatic carbocycles. The molecule has 1 aliphatic rings. The van der Waals surface area contributed by atoms with Crippen LogP contribution in [0.3, 0.4) is 0 Å². The van der Waals surface area contributed by atoms with E-state index in [-0.39, 0.29) is 12.6 Å².